The van der Waals surface area contributed by atoms with E-state index < -0.39 is 0 Å². The molecule has 0 saturated heterocycles. The molecule has 144 valence electrons. The van der Waals surface area contributed by atoms with Crippen molar-refractivity contribution in [3.63, 3.8) is 0 Å². The number of amides is 1. The Morgan fingerprint density at radius 3 is 2.46 bits per heavy atom. The molecule has 4 heteroatoms. The van der Waals surface area contributed by atoms with Gasteiger partial charge in [-0.05, 0) is 49.6 Å². The minimum absolute atomic E-state index is 0.0852. The molecule has 0 saturated carbocycles. The first kappa shape index (κ1) is 19.5. The standard InChI is InChI=1S/C24H26N2O2/c1-19-12-14-21(15-13-19)26-24(27)18-25-22-10-5-11-23(17-22)28-16-6-9-20-7-3-2-4-8-20/h2-5,7-8,10-15,17,25H,6,9,16,18H2,1H3,(H,26,27). The Balaban J connectivity index is 1.41. The summed E-state index contributed by atoms with van der Waals surface area (Å²) in [6, 6.07) is 25.8. The molecule has 0 heterocycles. The van der Waals surface area contributed by atoms with Gasteiger partial charge in [-0.3, -0.25) is 4.79 Å². The highest BCUT2D eigenvalue weighted by molar-refractivity contribution is 5.93. The lowest BCUT2D eigenvalue weighted by Crippen LogP contribution is -2.21. The van der Waals surface area contributed by atoms with Crippen LogP contribution in [0.3, 0.4) is 0 Å². The molecule has 0 aliphatic heterocycles. The second-order valence-corrected chi connectivity index (χ2v) is 6.73. The predicted molar refractivity (Wildman–Crippen MR) is 115 cm³/mol. The molecule has 3 aromatic carbocycles. The lowest BCUT2D eigenvalue weighted by molar-refractivity contribution is -0.114. The average molecular weight is 374 g/mol. The molecule has 0 fully saturated rings. The maximum Gasteiger partial charge on any atom is 0.243 e. The number of carbonyl (C=O) groups excluding carboxylic acids is 1. The normalized spacial score (nSPS) is 10.3. The molecule has 1 amide bonds. The Morgan fingerprint density at radius 1 is 0.893 bits per heavy atom. The van der Waals surface area contributed by atoms with Crippen molar-refractivity contribution in [3.8, 4) is 5.75 Å². The summed E-state index contributed by atoms with van der Waals surface area (Å²) in [6.45, 7) is 2.88. The third-order valence-corrected chi connectivity index (χ3v) is 4.34. The van der Waals surface area contributed by atoms with Crippen LogP contribution in [0.2, 0.25) is 0 Å². The summed E-state index contributed by atoms with van der Waals surface area (Å²) in [4.78, 5) is 12.1. The minimum Gasteiger partial charge on any atom is -0.494 e. The molecule has 0 atom stereocenters. The molecule has 3 aromatic rings. The maximum absolute atomic E-state index is 12.1. The summed E-state index contributed by atoms with van der Waals surface area (Å²) in [5.74, 6) is 0.718. The van der Waals surface area contributed by atoms with Gasteiger partial charge in [0.15, 0.2) is 0 Å². The minimum atomic E-state index is -0.0852. The molecule has 0 spiro atoms. The van der Waals surface area contributed by atoms with Gasteiger partial charge in [0.1, 0.15) is 5.75 Å². The van der Waals surface area contributed by atoms with Crippen molar-refractivity contribution in [2.24, 2.45) is 0 Å². The molecule has 4 nitrogen and oxygen atoms in total. The molecule has 0 aromatic heterocycles. The van der Waals surface area contributed by atoms with Gasteiger partial charge in [-0.25, -0.2) is 0 Å². The number of rotatable bonds is 9. The fraction of sp³-hybridized carbons (Fsp3) is 0.208. The Labute approximate surface area is 166 Å². The fourth-order valence-electron chi connectivity index (χ4n) is 2.83. The van der Waals surface area contributed by atoms with E-state index in [0.717, 1.165) is 35.5 Å². The van der Waals surface area contributed by atoms with Crippen LogP contribution in [-0.2, 0) is 11.2 Å². The number of aryl methyl sites for hydroxylation is 2. The molecule has 0 bridgehead atoms. The van der Waals surface area contributed by atoms with Crippen molar-refractivity contribution in [1.82, 2.24) is 0 Å². The predicted octanol–water partition coefficient (Wildman–Crippen LogP) is 5.06. The lowest BCUT2D eigenvalue weighted by Gasteiger charge is -2.10. The summed E-state index contributed by atoms with van der Waals surface area (Å²) in [5.41, 5.74) is 4.14. The van der Waals surface area contributed by atoms with Gasteiger partial charge in [0, 0.05) is 17.4 Å². The number of benzene rings is 3. The van der Waals surface area contributed by atoms with Gasteiger partial charge >= 0.3 is 0 Å². The van der Waals surface area contributed by atoms with Crippen molar-refractivity contribution in [2.75, 3.05) is 23.8 Å². The van der Waals surface area contributed by atoms with Crippen molar-refractivity contribution in [1.29, 1.82) is 0 Å². The third-order valence-electron chi connectivity index (χ3n) is 4.34. The van der Waals surface area contributed by atoms with Crippen molar-refractivity contribution in [2.45, 2.75) is 19.8 Å². The summed E-state index contributed by atoms with van der Waals surface area (Å²) in [6.07, 6.45) is 1.96. The van der Waals surface area contributed by atoms with Crippen LogP contribution in [0.25, 0.3) is 0 Å². The summed E-state index contributed by atoms with van der Waals surface area (Å²) in [7, 11) is 0. The smallest absolute Gasteiger partial charge is 0.243 e. The molecule has 28 heavy (non-hydrogen) atoms. The van der Waals surface area contributed by atoms with Crippen LogP contribution < -0.4 is 15.4 Å². The topological polar surface area (TPSA) is 50.4 Å². The highest BCUT2D eigenvalue weighted by Crippen LogP contribution is 2.18. The zero-order chi connectivity index (χ0) is 19.6. The molecule has 0 aliphatic carbocycles. The van der Waals surface area contributed by atoms with Gasteiger partial charge in [-0.1, -0.05) is 54.1 Å². The third kappa shape index (κ3) is 6.47. The van der Waals surface area contributed by atoms with Gasteiger partial charge in [-0.15, -0.1) is 0 Å². The zero-order valence-electron chi connectivity index (χ0n) is 16.2. The van der Waals surface area contributed by atoms with E-state index in [1.54, 1.807) is 0 Å². The first-order chi connectivity index (χ1) is 13.7. The van der Waals surface area contributed by atoms with E-state index in [4.69, 9.17) is 4.74 Å². The second kappa shape index (κ2) is 10.2. The van der Waals surface area contributed by atoms with Crippen molar-refractivity contribution in [3.05, 3.63) is 90.0 Å². The Hall–Kier alpha value is -3.27. The fourth-order valence-corrected chi connectivity index (χ4v) is 2.83. The number of hydrogen-bond acceptors (Lipinski definition) is 3. The lowest BCUT2D eigenvalue weighted by atomic mass is 10.1. The van der Waals surface area contributed by atoms with E-state index >= 15 is 0 Å². The SMILES string of the molecule is Cc1ccc(NC(=O)CNc2cccc(OCCCc3ccccc3)c2)cc1. The molecule has 0 unspecified atom stereocenters. The van der Waals surface area contributed by atoms with Gasteiger partial charge in [0.05, 0.1) is 13.2 Å². The molecule has 0 radical (unpaired) electrons. The van der Waals surface area contributed by atoms with Gasteiger partial charge in [0.25, 0.3) is 0 Å². The first-order valence-electron chi connectivity index (χ1n) is 9.56. The summed E-state index contributed by atoms with van der Waals surface area (Å²) >= 11 is 0. The van der Waals surface area contributed by atoms with Crippen LogP contribution in [0.5, 0.6) is 5.75 Å². The van der Waals surface area contributed by atoms with Crippen molar-refractivity contribution >= 4 is 17.3 Å². The van der Waals surface area contributed by atoms with E-state index in [0.29, 0.717) is 6.61 Å². The van der Waals surface area contributed by atoms with Crippen LogP contribution in [0.1, 0.15) is 17.5 Å². The van der Waals surface area contributed by atoms with E-state index in [1.807, 2.05) is 61.5 Å². The van der Waals surface area contributed by atoms with Crippen LogP contribution in [0, 0.1) is 6.92 Å². The van der Waals surface area contributed by atoms with Gasteiger partial charge in [0.2, 0.25) is 5.91 Å². The van der Waals surface area contributed by atoms with Crippen LogP contribution in [0.4, 0.5) is 11.4 Å². The molecular weight excluding hydrogens is 348 g/mol. The van der Waals surface area contributed by atoms with E-state index in [1.165, 1.54) is 5.56 Å². The summed E-state index contributed by atoms with van der Waals surface area (Å²) in [5, 5.41) is 6.02. The number of nitrogens with one attached hydrogen (secondary N) is 2. The molecule has 3 rings (SSSR count). The maximum atomic E-state index is 12.1. The van der Waals surface area contributed by atoms with E-state index in [9.17, 15) is 4.79 Å². The number of ether oxygens (including phenoxy) is 1. The monoisotopic (exact) mass is 374 g/mol. The molecule has 0 aliphatic rings. The highest BCUT2D eigenvalue weighted by atomic mass is 16.5. The van der Waals surface area contributed by atoms with E-state index in [2.05, 4.69) is 34.9 Å². The van der Waals surface area contributed by atoms with Crippen LogP contribution in [0.15, 0.2) is 78.9 Å². The molecule has 2 N–H and O–H groups in total. The van der Waals surface area contributed by atoms with Crippen molar-refractivity contribution < 1.29 is 9.53 Å². The molecular formula is C24H26N2O2. The number of hydrogen-bond donors (Lipinski definition) is 2. The Bertz CT molecular complexity index is 877. The highest BCUT2D eigenvalue weighted by Gasteiger charge is 2.03. The quantitative estimate of drug-likeness (QED) is 0.515. The number of carbonyl (C=O) groups is 1. The van der Waals surface area contributed by atoms with Crippen LogP contribution >= 0.6 is 0 Å². The van der Waals surface area contributed by atoms with E-state index in [-0.39, 0.29) is 12.5 Å². The zero-order valence-corrected chi connectivity index (χ0v) is 16.2. The first-order valence-corrected chi connectivity index (χ1v) is 9.56. The van der Waals surface area contributed by atoms with Gasteiger partial charge < -0.3 is 15.4 Å². The Kier molecular flexibility index (Phi) is 7.08. The second-order valence-electron chi connectivity index (χ2n) is 6.73. The summed E-state index contributed by atoms with van der Waals surface area (Å²) < 4.78 is 5.84. The van der Waals surface area contributed by atoms with Gasteiger partial charge in [-0.2, -0.15) is 0 Å². The largest absolute Gasteiger partial charge is 0.494 e. The Morgan fingerprint density at radius 2 is 1.68 bits per heavy atom. The number of anilines is 2. The van der Waals surface area contributed by atoms with Crippen LogP contribution in [-0.4, -0.2) is 19.1 Å². The average Bonchev–Trinajstić information content (AvgIpc) is 2.73.